The summed E-state index contributed by atoms with van der Waals surface area (Å²) in [5.41, 5.74) is 6.98. The fourth-order valence-electron chi connectivity index (χ4n) is 1.94. The van der Waals surface area contributed by atoms with Gasteiger partial charge in [-0.15, -0.1) is 0 Å². The Hall–Kier alpha value is -1.72. The van der Waals surface area contributed by atoms with Crippen molar-refractivity contribution < 1.29 is 13.6 Å². The lowest BCUT2D eigenvalue weighted by molar-refractivity contribution is -0.243. The van der Waals surface area contributed by atoms with Crippen molar-refractivity contribution in [1.29, 1.82) is 0 Å². The van der Waals surface area contributed by atoms with Crippen molar-refractivity contribution in [3.63, 3.8) is 0 Å². The number of allylic oxidation sites excluding steroid dienone is 2. The first kappa shape index (κ1) is 13.7. The van der Waals surface area contributed by atoms with E-state index < -0.39 is 6.05 Å². The molecule has 2 N–H and O–H groups in total. The summed E-state index contributed by atoms with van der Waals surface area (Å²) in [5, 5.41) is 0.530. The van der Waals surface area contributed by atoms with Crippen LogP contribution in [0.5, 0.6) is 0 Å². The van der Waals surface area contributed by atoms with Gasteiger partial charge in [0.15, 0.2) is 0 Å². The summed E-state index contributed by atoms with van der Waals surface area (Å²) in [6, 6.07) is 3.49. The first-order chi connectivity index (χ1) is 8.96. The van der Waals surface area contributed by atoms with Gasteiger partial charge in [0.2, 0.25) is 0 Å². The van der Waals surface area contributed by atoms with Crippen molar-refractivity contribution in [3.05, 3.63) is 53.7 Å². The van der Waals surface area contributed by atoms with Gasteiger partial charge in [0, 0.05) is 12.2 Å². The number of nitrogens with two attached hydrogens (primary N) is 1. The van der Waals surface area contributed by atoms with Crippen LogP contribution in [0, 0.1) is 0 Å². The standard InChI is InChI=1S/C14H16F2N2O/c1-10(17)11-5-7-12(8-6-11)13-4-3-9-18(19-2)14(13,15)16/h3-10H,17H2,1-2H3/t10-/m1/s1. The second-order valence-electron chi connectivity index (χ2n) is 4.38. The highest BCUT2D eigenvalue weighted by Gasteiger charge is 2.42. The maximum Gasteiger partial charge on any atom is 0.374 e. The van der Waals surface area contributed by atoms with E-state index in [2.05, 4.69) is 4.84 Å². The van der Waals surface area contributed by atoms with Gasteiger partial charge in [0.1, 0.15) is 0 Å². The molecule has 3 nitrogen and oxygen atoms in total. The van der Waals surface area contributed by atoms with E-state index in [0.717, 1.165) is 5.56 Å². The lowest BCUT2D eigenvalue weighted by Crippen LogP contribution is -2.39. The molecule has 102 valence electrons. The minimum atomic E-state index is -3.20. The van der Waals surface area contributed by atoms with Crippen LogP contribution >= 0.6 is 0 Å². The fraction of sp³-hybridized carbons (Fsp3) is 0.286. The Morgan fingerprint density at radius 2 is 1.89 bits per heavy atom. The van der Waals surface area contributed by atoms with Crippen LogP contribution in [0.3, 0.4) is 0 Å². The quantitative estimate of drug-likeness (QED) is 0.854. The molecule has 0 amide bonds. The molecule has 0 unspecified atom stereocenters. The summed E-state index contributed by atoms with van der Waals surface area (Å²) in [6.45, 7) is 1.85. The van der Waals surface area contributed by atoms with Crippen LogP contribution in [0.15, 0.2) is 42.6 Å². The fourth-order valence-corrected chi connectivity index (χ4v) is 1.94. The number of benzene rings is 1. The van der Waals surface area contributed by atoms with Gasteiger partial charge in [-0.25, -0.2) is 0 Å². The Bertz CT molecular complexity index is 507. The minimum absolute atomic E-state index is 0.104. The molecule has 0 fully saturated rings. The summed E-state index contributed by atoms with van der Waals surface area (Å²) in [5.74, 6) is 0. The molecular weight excluding hydrogens is 250 g/mol. The van der Waals surface area contributed by atoms with Crippen molar-refractivity contribution in [3.8, 4) is 0 Å². The molecule has 19 heavy (non-hydrogen) atoms. The van der Waals surface area contributed by atoms with Gasteiger partial charge in [-0.1, -0.05) is 24.3 Å². The minimum Gasteiger partial charge on any atom is -0.324 e. The molecule has 1 aromatic carbocycles. The maximum atomic E-state index is 14.1. The summed E-state index contributed by atoms with van der Waals surface area (Å²) in [7, 11) is 1.21. The van der Waals surface area contributed by atoms with Gasteiger partial charge in [0.25, 0.3) is 0 Å². The molecule has 1 aliphatic rings. The van der Waals surface area contributed by atoms with E-state index in [-0.39, 0.29) is 11.6 Å². The number of halogens is 2. The third kappa shape index (κ3) is 2.52. The number of nitrogens with zero attached hydrogens (tertiary/aromatic N) is 1. The smallest absolute Gasteiger partial charge is 0.324 e. The van der Waals surface area contributed by atoms with E-state index in [1.807, 2.05) is 6.92 Å². The van der Waals surface area contributed by atoms with Crippen molar-refractivity contribution in [1.82, 2.24) is 5.06 Å². The molecule has 0 radical (unpaired) electrons. The van der Waals surface area contributed by atoms with Crippen molar-refractivity contribution in [2.75, 3.05) is 7.11 Å². The molecular formula is C14H16F2N2O. The third-order valence-electron chi connectivity index (χ3n) is 3.03. The highest BCUT2D eigenvalue weighted by Crippen LogP contribution is 2.38. The van der Waals surface area contributed by atoms with Crippen LogP contribution < -0.4 is 5.73 Å². The lowest BCUT2D eigenvalue weighted by Gasteiger charge is -2.31. The normalized spacial score (nSPS) is 19.2. The van der Waals surface area contributed by atoms with Crippen molar-refractivity contribution in [2.45, 2.75) is 19.0 Å². The topological polar surface area (TPSA) is 38.5 Å². The van der Waals surface area contributed by atoms with Gasteiger partial charge in [0.05, 0.1) is 12.7 Å². The number of hydroxylamine groups is 2. The average molecular weight is 266 g/mol. The average Bonchev–Trinajstić information content (AvgIpc) is 2.38. The molecule has 0 bridgehead atoms. The Morgan fingerprint density at radius 3 is 2.42 bits per heavy atom. The van der Waals surface area contributed by atoms with E-state index >= 15 is 0 Å². The van der Waals surface area contributed by atoms with Gasteiger partial charge >= 0.3 is 6.05 Å². The van der Waals surface area contributed by atoms with E-state index in [0.29, 0.717) is 10.6 Å². The Labute approximate surface area is 110 Å². The molecule has 1 atom stereocenters. The monoisotopic (exact) mass is 266 g/mol. The highest BCUT2D eigenvalue weighted by atomic mass is 19.3. The molecule has 0 aliphatic carbocycles. The molecule has 2 rings (SSSR count). The summed E-state index contributed by atoms with van der Waals surface area (Å²) in [4.78, 5) is 4.66. The molecule has 0 saturated heterocycles. The molecule has 0 spiro atoms. The van der Waals surface area contributed by atoms with Crippen LogP contribution in [-0.2, 0) is 4.84 Å². The van der Waals surface area contributed by atoms with Crippen LogP contribution in [0.4, 0.5) is 8.78 Å². The number of hydrogen-bond acceptors (Lipinski definition) is 3. The van der Waals surface area contributed by atoms with Crippen LogP contribution in [0.2, 0.25) is 0 Å². The van der Waals surface area contributed by atoms with Crippen LogP contribution in [0.25, 0.3) is 5.57 Å². The van der Waals surface area contributed by atoms with Gasteiger partial charge < -0.3 is 5.73 Å². The second kappa shape index (κ2) is 5.11. The predicted molar refractivity (Wildman–Crippen MR) is 70.0 cm³/mol. The zero-order valence-electron chi connectivity index (χ0n) is 10.8. The van der Waals surface area contributed by atoms with Crippen molar-refractivity contribution in [2.24, 2.45) is 5.73 Å². The number of alkyl halides is 2. The predicted octanol–water partition coefficient (Wildman–Crippen LogP) is 3.07. The first-order valence-corrected chi connectivity index (χ1v) is 5.93. The Balaban J connectivity index is 2.35. The molecule has 0 aromatic heterocycles. The zero-order chi connectivity index (χ0) is 14.0. The van der Waals surface area contributed by atoms with E-state index in [4.69, 9.17) is 5.73 Å². The lowest BCUT2D eigenvalue weighted by atomic mass is 9.99. The van der Waals surface area contributed by atoms with Gasteiger partial charge in [-0.3, -0.25) is 4.84 Å². The molecule has 1 aliphatic heterocycles. The van der Waals surface area contributed by atoms with Gasteiger partial charge in [-0.2, -0.15) is 13.8 Å². The first-order valence-electron chi connectivity index (χ1n) is 5.93. The molecule has 0 saturated carbocycles. The highest BCUT2D eigenvalue weighted by molar-refractivity contribution is 5.73. The Morgan fingerprint density at radius 1 is 1.26 bits per heavy atom. The molecule has 1 aromatic rings. The SMILES string of the molecule is CON1C=CC=C(c2ccc([C@@H](C)N)cc2)C1(F)F. The molecule has 1 heterocycles. The Kier molecular flexibility index (Phi) is 3.68. The third-order valence-corrected chi connectivity index (χ3v) is 3.03. The second-order valence-corrected chi connectivity index (χ2v) is 4.38. The largest absolute Gasteiger partial charge is 0.374 e. The zero-order valence-corrected chi connectivity index (χ0v) is 10.8. The molecule has 5 heteroatoms. The number of rotatable bonds is 3. The summed E-state index contributed by atoms with van der Waals surface area (Å²) >= 11 is 0. The van der Waals surface area contributed by atoms with E-state index in [1.165, 1.54) is 25.5 Å². The van der Waals surface area contributed by atoms with Crippen LogP contribution in [-0.4, -0.2) is 18.2 Å². The maximum absolute atomic E-state index is 14.1. The van der Waals surface area contributed by atoms with Crippen molar-refractivity contribution >= 4 is 5.57 Å². The van der Waals surface area contributed by atoms with Crippen LogP contribution in [0.1, 0.15) is 24.1 Å². The van der Waals surface area contributed by atoms with E-state index in [1.54, 1.807) is 24.3 Å². The summed E-state index contributed by atoms with van der Waals surface area (Å²) in [6.07, 6.45) is 4.10. The van der Waals surface area contributed by atoms with E-state index in [9.17, 15) is 8.78 Å². The number of hydrogen-bond donors (Lipinski definition) is 1. The van der Waals surface area contributed by atoms with Gasteiger partial charge in [-0.05, 0) is 30.2 Å². The summed E-state index contributed by atoms with van der Waals surface area (Å²) < 4.78 is 28.3.